The predicted molar refractivity (Wildman–Crippen MR) is 110 cm³/mol. The zero-order valence-corrected chi connectivity index (χ0v) is 19.6. The Balaban J connectivity index is 2.42. The summed E-state index contributed by atoms with van der Waals surface area (Å²) in [6.07, 6.45) is 2.88. The van der Waals surface area contributed by atoms with Crippen molar-refractivity contribution in [3.8, 4) is 0 Å². The maximum absolute atomic E-state index is 2.72. The topological polar surface area (TPSA) is 0 Å². The van der Waals surface area contributed by atoms with Gasteiger partial charge in [0.05, 0.1) is 0 Å². The summed E-state index contributed by atoms with van der Waals surface area (Å²) in [5.74, 6) is 2.64. The van der Waals surface area contributed by atoms with Gasteiger partial charge in [0.2, 0.25) is 0 Å². The molecule has 0 N–H and O–H groups in total. The van der Waals surface area contributed by atoms with Crippen molar-refractivity contribution >= 4 is 0 Å². The van der Waals surface area contributed by atoms with E-state index in [1.54, 1.807) is 0 Å². The SMILES string of the molecule is CC1CC2C(C1)C1(C)C(C)(C)C(C)(C)C(C)(C)C(C)(C)C1(C)C2(C)C. The second kappa shape index (κ2) is 4.52. The molecule has 0 bridgehead atoms. The molecule has 146 valence electrons. The van der Waals surface area contributed by atoms with Crippen molar-refractivity contribution in [1.82, 2.24) is 0 Å². The van der Waals surface area contributed by atoms with Crippen molar-refractivity contribution in [3.63, 3.8) is 0 Å². The van der Waals surface area contributed by atoms with Crippen molar-refractivity contribution in [2.24, 2.45) is 55.7 Å². The molecule has 25 heavy (non-hydrogen) atoms. The fraction of sp³-hybridized carbons (Fsp3) is 1.00. The lowest BCUT2D eigenvalue weighted by Gasteiger charge is -2.79. The van der Waals surface area contributed by atoms with Gasteiger partial charge in [-0.2, -0.15) is 0 Å². The largest absolute Gasteiger partial charge is 0.0625 e. The van der Waals surface area contributed by atoms with Crippen LogP contribution in [-0.4, -0.2) is 0 Å². The van der Waals surface area contributed by atoms with Crippen LogP contribution >= 0.6 is 0 Å². The van der Waals surface area contributed by atoms with Crippen molar-refractivity contribution in [1.29, 1.82) is 0 Å². The Morgan fingerprint density at radius 3 is 1.40 bits per heavy atom. The highest BCUT2D eigenvalue weighted by Gasteiger charge is 2.84. The second-order valence-electron chi connectivity index (χ2n) is 13.3. The zero-order valence-electron chi connectivity index (χ0n) is 19.6. The molecule has 3 aliphatic rings. The van der Waals surface area contributed by atoms with Crippen LogP contribution in [0.25, 0.3) is 0 Å². The molecular weight excluding hydrogens is 300 g/mol. The lowest BCUT2D eigenvalue weighted by molar-refractivity contribution is -0.314. The van der Waals surface area contributed by atoms with Gasteiger partial charge in [-0.1, -0.05) is 90.0 Å². The van der Waals surface area contributed by atoms with Crippen LogP contribution in [0, 0.1) is 55.7 Å². The van der Waals surface area contributed by atoms with Crippen molar-refractivity contribution in [2.75, 3.05) is 0 Å². The summed E-state index contributed by atoms with van der Waals surface area (Å²) in [6.45, 7) is 34.0. The number of fused-ring (bicyclic) bond motifs is 3. The van der Waals surface area contributed by atoms with Gasteiger partial charge in [0.15, 0.2) is 0 Å². The quantitative estimate of drug-likeness (QED) is 0.419. The first-order valence-electron chi connectivity index (χ1n) is 10.9. The normalized spacial score (nSPS) is 51.0. The van der Waals surface area contributed by atoms with Crippen LogP contribution in [-0.2, 0) is 0 Å². The van der Waals surface area contributed by atoms with Crippen LogP contribution in [0.15, 0.2) is 0 Å². The molecule has 0 amide bonds. The van der Waals surface area contributed by atoms with Crippen LogP contribution in [0.3, 0.4) is 0 Å². The molecule has 0 aliphatic heterocycles. The number of hydrogen-bond acceptors (Lipinski definition) is 0. The Hall–Kier alpha value is 0. The summed E-state index contributed by atoms with van der Waals surface area (Å²) in [6, 6.07) is 0. The third-order valence-corrected chi connectivity index (χ3v) is 13.0. The molecule has 5 unspecified atom stereocenters. The summed E-state index contributed by atoms with van der Waals surface area (Å²) < 4.78 is 0. The van der Waals surface area contributed by atoms with E-state index in [9.17, 15) is 0 Å². The number of rotatable bonds is 0. The highest BCUT2D eigenvalue weighted by atomic mass is 14.9. The van der Waals surface area contributed by atoms with E-state index < -0.39 is 0 Å². The third-order valence-electron chi connectivity index (χ3n) is 13.0. The molecule has 0 radical (unpaired) electrons. The first-order chi connectivity index (χ1) is 10.9. The maximum Gasteiger partial charge on any atom is -0.0153 e. The minimum absolute atomic E-state index is 0.277. The van der Waals surface area contributed by atoms with Crippen LogP contribution in [0.1, 0.15) is 103 Å². The van der Waals surface area contributed by atoms with E-state index in [0.717, 1.165) is 17.8 Å². The average molecular weight is 347 g/mol. The molecule has 0 spiro atoms. The highest BCUT2D eigenvalue weighted by Crippen LogP contribution is 2.89. The van der Waals surface area contributed by atoms with Crippen LogP contribution < -0.4 is 0 Å². The summed E-state index contributed by atoms with van der Waals surface area (Å²) >= 11 is 0. The van der Waals surface area contributed by atoms with Gasteiger partial charge in [-0.15, -0.1) is 0 Å². The Kier molecular flexibility index (Phi) is 3.57. The molecule has 3 aliphatic carbocycles. The molecule has 0 heteroatoms. The summed E-state index contributed by atoms with van der Waals surface area (Å²) in [7, 11) is 0. The minimum atomic E-state index is 0.277. The Labute approximate surface area is 158 Å². The van der Waals surface area contributed by atoms with E-state index in [-0.39, 0.29) is 16.2 Å². The molecule has 3 saturated carbocycles. The van der Waals surface area contributed by atoms with Crippen molar-refractivity contribution < 1.29 is 0 Å². The average Bonchev–Trinajstić information content (AvgIpc) is 2.90. The predicted octanol–water partition coefficient (Wildman–Crippen LogP) is 7.82. The third kappa shape index (κ3) is 1.53. The summed E-state index contributed by atoms with van der Waals surface area (Å²) in [4.78, 5) is 0. The van der Waals surface area contributed by atoms with Gasteiger partial charge in [0, 0.05) is 0 Å². The minimum Gasteiger partial charge on any atom is -0.0625 e. The van der Waals surface area contributed by atoms with Gasteiger partial charge in [-0.05, 0) is 68.5 Å². The van der Waals surface area contributed by atoms with Crippen LogP contribution in [0.2, 0.25) is 0 Å². The molecule has 0 nitrogen and oxygen atoms in total. The molecule has 3 fully saturated rings. The summed E-state index contributed by atoms with van der Waals surface area (Å²) in [5.41, 5.74) is 2.21. The number of hydrogen-bond donors (Lipinski definition) is 0. The van der Waals surface area contributed by atoms with Gasteiger partial charge >= 0.3 is 0 Å². The lowest BCUT2D eigenvalue weighted by Crippen LogP contribution is -2.73. The fourth-order valence-electron chi connectivity index (χ4n) is 9.52. The van der Waals surface area contributed by atoms with E-state index in [1.807, 2.05) is 0 Å². The van der Waals surface area contributed by atoms with E-state index in [4.69, 9.17) is 0 Å². The maximum atomic E-state index is 2.72. The smallest absolute Gasteiger partial charge is 0.0153 e. The standard InChI is InChI=1S/C25H46/c1-16-14-17-18(15-16)24(12)22(8,9)20(4,5)21(6,7)23(10,11)25(24,13)19(17,2)3/h16-18H,14-15H2,1-13H3. The molecule has 0 aromatic heterocycles. The zero-order chi connectivity index (χ0) is 19.6. The van der Waals surface area contributed by atoms with Crippen LogP contribution in [0.5, 0.6) is 0 Å². The van der Waals surface area contributed by atoms with Crippen molar-refractivity contribution in [2.45, 2.75) is 103 Å². The van der Waals surface area contributed by atoms with Gasteiger partial charge in [-0.25, -0.2) is 0 Å². The van der Waals surface area contributed by atoms with E-state index in [1.165, 1.54) is 12.8 Å². The monoisotopic (exact) mass is 346 g/mol. The molecule has 3 rings (SSSR count). The lowest BCUT2D eigenvalue weighted by atomic mass is 9.25. The van der Waals surface area contributed by atoms with E-state index >= 15 is 0 Å². The Morgan fingerprint density at radius 1 is 0.520 bits per heavy atom. The molecule has 0 aromatic carbocycles. The Morgan fingerprint density at radius 2 is 0.920 bits per heavy atom. The highest BCUT2D eigenvalue weighted by molar-refractivity contribution is 5.31. The molecule has 5 atom stereocenters. The molecular formula is C25H46. The van der Waals surface area contributed by atoms with Gasteiger partial charge in [-0.3, -0.25) is 0 Å². The van der Waals surface area contributed by atoms with Gasteiger partial charge < -0.3 is 0 Å². The summed E-state index contributed by atoms with van der Waals surface area (Å²) in [5, 5.41) is 0. The van der Waals surface area contributed by atoms with Gasteiger partial charge in [0.1, 0.15) is 0 Å². The molecule has 0 aromatic rings. The van der Waals surface area contributed by atoms with E-state index in [0.29, 0.717) is 21.7 Å². The Bertz CT molecular complexity index is 587. The second-order valence-corrected chi connectivity index (χ2v) is 13.3. The van der Waals surface area contributed by atoms with E-state index in [2.05, 4.69) is 90.0 Å². The van der Waals surface area contributed by atoms with Gasteiger partial charge in [0.25, 0.3) is 0 Å². The first-order valence-corrected chi connectivity index (χ1v) is 10.9. The van der Waals surface area contributed by atoms with Crippen LogP contribution in [0.4, 0.5) is 0 Å². The fourth-order valence-corrected chi connectivity index (χ4v) is 9.52. The molecule has 0 heterocycles. The first kappa shape index (κ1) is 19.8. The van der Waals surface area contributed by atoms with Crippen molar-refractivity contribution in [3.05, 3.63) is 0 Å². The molecule has 0 saturated heterocycles.